The molecule has 1 aliphatic heterocycles. The first-order valence-electron chi connectivity index (χ1n) is 11.4. The van der Waals surface area contributed by atoms with Crippen molar-refractivity contribution >= 4 is 27.3 Å². The third-order valence-electron chi connectivity index (χ3n) is 6.61. The van der Waals surface area contributed by atoms with Gasteiger partial charge in [-0.2, -0.15) is 4.31 Å². The minimum absolute atomic E-state index is 0.0482. The number of halogens is 2. The van der Waals surface area contributed by atoms with E-state index >= 15 is 4.39 Å². The van der Waals surface area contributed by atoms with Crippen LogP contribution in [0.1, 0.15) is 47.9 Å². The van der Waals surface area contributed by atoms with Crippen LogP contribution in [0.25, 0.3) is 0 Å². The fourth-order valence-corrected chi connectivity index (χ4v) is 6.68. The second kappa shape index (κ2) is 10.3. The highest BCUT2D eigenvalue weighted by Crippen LogP contribution is 2.44. The second-order valence-corrected chi connectivity index (χ2v) is 11.1. The van der Waals surface area contributed by atoms with E-state index in [1.807, 2.05) is 11.8 Å². The van der Waals surface area contributed by atoms with Crippen LogP contribution in [0.2, 0.25) is 5.02 Å². The molecule has 2 aromatic carbocycles. The number of hydrogen-bond donors (Lipinski definition) is 1. The van der Waals surface area contributed by atoms with Crippen LogP contribution >= 0.6 is 11.6 Å². The molecule has 0 radical (unpaired) electrons. The van der Waals surface area contributed by atoms with E-state index in [9.17, 15) is 13.2 Å². The summed E-state index contributed by atoms with van der Waals surface area (Å²) < 4.78 is 54.8. The van der Waals surface area contributed by atoms with Gasteiger partial charge in [-0.05, 0) is 61.2 Å². The molecule has 0 aliphatic carbocycles. The van der Waals surface area contributed by atoms with Crippen LogP contribution in [0.4, 0.5) is 10.1 Å². The van der Waals surface area contributed by atoms with E-state index in [0.717, 1.165) is 5.56 Å². The first-order valence-corrected chi connectivity index (χ1v) is 13.2. The summed E-state index contributed by atoms with van der Waals surface area (Å²) in [7, 11) is -2.54. The van der Waals surface area contributed by atoms with Gasteiger partial charge >= 0.3 is 5.76 Å². The standard InChI is InChI=1S/C24H28ClFN4O5S/c1-14-6-8-18(26)21(15(14)2)16(3)22(23-27-28-24(31)35-23)30-13-29(10-5-11-34-4)19-12-17(25)7-9-20(19)36(30,32)33/h6-9,12,16,22H,5,10-11,13H2,1-4H3,(H,28,31)/t16-,22+/m1/s1. The van der Waals surface area contributed by atoms with Gasteiger partial charge in [0.25, 0.3) is 0 Å². The maximum Gasteiger partial charge on any atom is 0.434 e. The van der Waals surface area contributed by atoms with Gasteiger partial charge in [-0.15, -0.1) is 5.10 Å². The van der Waals surface area contributed by atoms with Crippen LogP contribution in [0.3, 0.4) is 0 Å². The maximum atomic E-state index is 15.2. The summed E-state index contributed by atoms with van der Waals surface area (Å²) in [6.07, 6.45) is 0.625. The molecule has 0 saturated heterocycles. The highest BCUT2D eigenvalue weighted by molar-refractivity contribution is 7.89. The quantitative estimate of drug-likeness (QED) is 0.430. The highest BCUT2D eigenvalue weighted by Gasteiger charge is 2.45. The van der Waals surface area contributed by atoms with Crippen molar-refractivity contribution in [3.8, 4) is 0 Å². The van der Waals surface area contributed by atoms with Gasteiger partial charge in [0.1, 0.15) is 16.8 Å². The number of hydrogen-bond acceptors (Lipinski definition) is 7. The molecule has 0 unspecified atom stereocenters. The number of sulfonamides is 1. The molecule has 0 bridgehead atoms. The number of fused-ring (bicyclic) bond motifs is 1. The number of ether oxygens (including phenoxy) is 1. The Morgan fingerprint density at radius 3 is 2.69 bits per heavy atom. The minimum atomic E-state index is -4.13. The first-order chi connectivity index (χ1) is 17.1. The number of benzene rings is 2. The number of nitrogens with zero attached hydrogens (tertiary/aromatic N) is 3. The van der Waals surface area contributed by atoms with Crippen LogP contribution in [0, 0.1) is 19.7 Å². The van der Waals surface area contributed by atoms with Crippen molar-refractivity contribution in [2.75, 3.05) is 31.8 Å². The van der Waals surface area contributed by atoms with Crippen molar-refractivity contribution in [3.05, 3.63) is 74.3 Å². The molecule has 1 aliphatic rings. The lowest BCUT2D eigenvalue weighted by Gasteiger charge is -2.42. The zero-order valence-corrected chi connectivity index (χ0v) is 22.0. The predicted octanol–water partition coefficient (Wildman–Crippen LogP) is 4.12. The van der Waals surface area contributed by atoms with Crippen molar-refractivity contribution in [2.45, 2.75) is 44.0 Å². The van der Waals surface area contributed by atoms with E-state index in [-0.39, 0.29) is 17.5 Å². The SMILES string of the molecule is COCCCN1CN([C@H](c2n[nH]c(=O)o2)[C@H](C)c2c(F)ccc(C)c2C)S(=O)(=O)c2ccc(Cl)cc21. The molecule has 2 heterocycles. The van der Waals surface area contributed by atoms with Gasteiger partial charge in [-0.25, -0.2) is 22.7 Å². The Hall–Kier alpha value is -2.73. The largest absolute Gasteiger partial charge is 0.434 e. The molecule has 4 rings (SSSR count). The van der Waals surface area contributed by atoms with E-state index in [1.165, 1.54) is 22.5 Å². The Balaban J connectivity index is 1.89. The summed E-state index contributed by atoms with van der Waals surface area (Å²) in [5.41, 5.74) is 2.32. The monoisotopic (exact) mass is 538 g/mol. The van der Waals surface area contributed by atoms with Crippen molar-refractivity contribution in [1.82, 2.24) is 14.5 Å². The number of aromatic nitrogens is 2. The normalized spacial score (nSPS) is 17.1. The van der Waals surface area contributed by atoms with Gasteiger partial charge in [0.15, 0.2) is 0 Å². The second-order valence-electron chi connectivity index (χ2n) is 8.84. The van der Waals surface area contributed by atoms with Crippen LogP contribution in [-0.2, 0) is 14.8 Å². The molecule has 3 aromatic rings. The van der Waals surface area contributed by atoms with Crippen molar-refractivity contribution in [1.29, 1.82) is 0 Å². The summed E-state index contributed by atoms with van der Waals surface area (Å²) in [4.78, 5) is 13.8. The number of methoxy groups -OCH3 is 1. The van der Waals surface area contributed by atoms with Gasteiger partial charge in [0.2, 0.25) is 15.9 Å². The molecule has 0 fully saturated rings. The lowest BCUT2D eigenvalue weighted by Crippen LogP contribution is -2.49. The average Bonchev–Trinajstić information content (AvgIpc) is 3.25. The van der Waals surface area contributed by atoms with Crippen LogP contribution < -0.4 is 10.7 Å². The van der Waals surface area contributed by atoms with Crippen molar-refractivity contribution in [3.63, 3.8) is 0 Å². The molecule has 0 amide bonds. The molecule has 9 nitrogen and oxygen atoms in total. The zero-order valence-electron chi connectivity index (χ0n) is 20.4. The molecular weight excluding hydrogens is 511 g/mol. The van der Waals surface area contributed by atoms with Gasteiger partial charge in [-0.3, -0.25) is 0 Å². The number of aryl methyl sites for hydroxylation is 1. The minimum Gasteiger partial charge on any atom is -0.391 e. The Morgan fingerprint density at radius 2 is 2.03 bits per heavy atom. The fraction of sp³-hybridized carbons (Fsp3) is 0.417. The molecule has 2 atom stereocenters. The average molecular weight is 539 g/mol. The first kappa shape index (κ1) is 26.3. The van der Waals surface area contributed by atoms with E-state index in [4.69, 9.17) is 20.8 Å². The van der Waals surface area contributed by atoms with Gasteiger partial charge in [0.05, 0.1) is 12.4 Å². The fourth-order valence-electron chi connectivity index (χ4n) is 4.71. The smallest absolute Gasteiger partial charge is 0.391 e. The third kappa shape index (κ3) is 4.80. The Kier molecular flexibility index (Phi) is 7.56. The Bertz CT molecular complexity index is 1420. The van der Waals surface area contributed by atoms with Gasteiger partial charge in [-0.1, -0.05) is 24.6 Å². The molecule has 0 saturated carbocycles. The molecule has 1 aromatic heterocycles. The topological polar surface area (TPSA) is 109 Å². The molecule has 1 N–H and O–H groups in total. The van der Waals surface area contributed by atoms with E-state index in [2.05, 4.69) is 10.2 Å². The lowest BCUT2D eigenvalue weighted by molar-refractivity contribution is 0.192. The van der Waals surface area contributed by atoms with E-state index in [0.29, 0.717) is 41.4 Å². The number of aromatic amines is 1. The van der Waals surface area contributed by atoms with Crippen molar-refractivity contribution < 1.29 is 22.0 Å². The molecule has 36 heavy (non-hydrogen) atoms. The summed E-state index contributed by atoms with van der Waals surface area (Å²) in [5, 5.41) is 6.57. The molecule has 0 spiro atoms. The predicted molar refractivity (Wildman–Crippen MR) is 133 cm³/mol. The third-order valence-corrected chi connectivity index (χ3v) is 8.71. The summed E-state index contributed by atoms with van der Waals surface area (Å²) in [5.74, 6) is -2.21. The van der Waals surface area contributed by atoms with Gasteiger partial charge in [0, 0.05) is 31.2 Å². The Labute approximate surface area is 213 Å². The Morgan fingerprint density at radius 1 is 1.28 bits per heavy atom. The van der Waals surface area contributed by atoms with Gasteiger partial charge < -0.3 is 14.1 Å². The summed E-state index contributed by atoms with van der Waals surface area (Å²) in [6.45, 7) is 6.19. The lowest BCUT2D eigenvalue weighted by atomic mass is 9.87. The zero-order chi connectivity index (χ0) is 26.2. The number of nitrogens with one attached hydrogen (secondary N) is 1. The van der Waals surface area contributed by atoms with Crippen LogP contribution in [0.15, 0.2) is 44.4 Å². The summed E-state index contributed by atoms with van der Waals surface area (Å²) in [6, 6.07) is 6.47. The van der Waals surface area contributed by atoms with Crippen LogP contribution in [-0.4, -0.2) is 49.9 Å². The molecule has 194 valence electrons. The van der Waals surface area contributed by atoms with Crippen LogP contribution in [0.5, 0.6) is 0 Å². The number of rotatable bonds is 8. The maximum absolute atomic E-state index is 15.2. The molecule has 12 heteroatoms. The number of H-pyrrole nitrogens is 1. The van der Waals surface area contributed by atoms with E-state index < -0.39 is 33.6 Å². The van der Waals surface area contributed by atoms with Crippen molar-refractivity contribution in [2.24, 2.45) is 0 Å². The van der Waals surface area contributed by atoms with E-state index in [1.54, 1.807) is 33.1 Å². The highest BCUT2D eigenvalue weighted by atomic mass is 35.5. The number of anilines is 1. The summed E-state index contributed by atoms with van der Waals surface area (Å²) >= 11 is 6.21. The molecular formula is C24H28ClFN4O5S.